The molecule has 0 fully saturated rings. The van der Waals surface area contributed by atoms with Crippen LogP contribution >= 0.6 is 0 Å². The first kappa shape index (κ1) is 16.8. The van der Waals surface area contributed by atoms with Gasteiger partial charge >= 0.3 is 0 Å². The molecule has 0 saturated carbocycles. The first-order valence-corrected chi connectivity index (χ1v) is 8.26. The molecular weight excluding hydrogens is 312 g/mol. The average molecular weight is 334 g/mol. The number of hydrogen-bond donors (Lipinski definition) is 2. The summed E-state index contributed by atoms with van der Waals surface area (Å²) >= 11 is 0. The van der Waals surface area contributed by atoms with Crippen molar-refractivity contribution in [3.8, 4) is 17.0 Å². The fourth-order valence-corrected chi connectivity index (χ4v) is 2.44. The van der Waals surface area contributed by atoms with E-state index in [0.29, 0.717) is 5.95 Å². The lowest BCUT2D eigenvalue weighted by molar-refractivity contribution is 0.415. The van der Waals surface area contributed by atoms with Crippen molar-refractivity contribution < 1.29 is 4.74 Å². The summed E-state index contributed by atoms with van der Waals surface area (Å²) in [5, 5.41) is 6.61. The largest absolute Gasteiger partial charge is 0.497 e. The van der Waals surface area contributed by atoms with Crippen LogP contribution in [0.2, 0.25) is 0 Å². The molecule has 0 unspecified atom stereocenters. The topological polar surface area (TPSA) is 59.1 Å². The van der Waals surface area contributed by atoms with E-state index in [1.165, 1.54) is 0 Å². The van der Waals surface area contributed by atoms with Gasteiger partial charge in [0.15, 0.2) is 0 Å². The van der Waals surface area contributed by atoms with E-state index in [-0.39, 0.29) is 6.04 Å². The van der Waals surface area contributed by atoms with Gasteiger partial charge in [0.05, 0.1) is 12.8 Å². The van der Waals surface area contributed by atoms with Crippen LogP contribution in [0, 0.1) is 0 Å². The monoisotopic (exact) mass is 334 g/mol. The third-order valence-electron chi connectivity index (χ3n) is 3.56. The van der Waals surface area contributed by atoms with Crippen LogP contribution in [0.4, 0.5) is 17.5 Å². The van der Waals surface area contributed by atoms with Crippen LogP contribution in [0.15, 0.2) is 60.7 Å². The molecule has 0 bridgehead atoms. The zero-order chi connectivity index (χ0) is 17.6. The fraction of sp³-hybridized carbons (Fsp3) is 0.200. The van der Waals surface area contributed by atoms with E-state index in [4.69, 9.17) is 4.74 Å². The van der Waals surface area contributed by atoms with E-state index in [1.807, 2.05) is 60.7 Å². The van der Waals surface area contributed by atoms with Gasteiger partial charge in [-0.05, 0) is 26.0 Å². The maximum atomic E-state index is 5.28. The highest BCUT2D eigenvalue weighted by molar-refractivity contribution is 5.67. The first-order valence-electron chi connectivity index (χ1n) is 8.26. The molecule has 0 aliphatic carbocycles. The second kappa shape index (κ2) is 7.66. The third kappa shape index (κ3) is 4.47. The number of anilines is 3. The summed E-state index contributed by atoms with van der Waals surface area (Å²) in [5.74, 6) is 2.12. The third-order valence-corrected chi connectivity index (χ3v) is 3.56. The number of rotatable bonds is 6. The van der Waals surface area contributed by atoms with Gasteiger partial charge in [0, 0.05) is 29.4 Å². The molecule has 0 saturated heterocycles. The molecule has 1 heterocycles. The second-order valence-corrected chi connectivity index (χ2v) is 5.98. The highest BCUT2D eigenvalue weighted by Gasteiger charge is 2.08. The number of benzene rings is 2. The van der Waals surface area contributed by atoms with Gasteiger partial charge in [-0.1, -0.05) is 36.4 Å². The first-order chi connectivity index (χ1) is 12.1. The predicted octanol–water partition coefficient (Wildman–Crippen LogP) is 4.72. The molecule has 25 heavy (non-hydrogen) atoms. The van der Waals surface area contributed by atoms with Crippen molar-refractivity contribution in [1.29, 1.82) is 0 Å². The van der Waals surface area contributed by atoms with Crippen LogP contribution in [0.25, 0.3) is 11.3 Å². The standard InChI is InChI=1S/C20H22N4O/c1-14(2)21-20-23-18(15-8-5-4-6-9-15)13-19(24-20)22-16-10-7-11-17(12-16)25-3/h4-14H,1-3H3,(H2,21,22,23,24). The summed E-state index contributed by atoms with van der Waals surface area (Å²) in [6.07, 6.45) is 0. The van der Waals surface area contributed by atoms with Gasteiger partial charge in [0.2, 0.25) is 5.95 Å². The van der Waals surface area contributed by atoms with Crippen LogP contribution in [-0.2, 0) is 0 Å². The Kier molecular flexibility index (Phi) is 5.14. The Morgan fingerprint density at radius 3 is 2.44 bits per heavy atom. The zero-order valence-electron chi connectivity index (χ0n) is 14.7. The summed E-state index contributed by atoms with van der Waals surface area (Å²) in [5.41, 5.74) is 2.82. The fourth-order valence-electron chi connectivity index (χ4n) is 2.44. The molecule has 0 radical (unpaired) electrons. The molecule has 128 valence electrons. The van der Waals surface area contributed by atoms with Gasteiger partial charge in [-0.15, -0.1) is 0 Å². The quantitative estimate of drug-likeness (QED) is 0.683. The number of ether oxygens (including phenoxy) is 1. The molecule has 5 nitrogen and oxygen atoms in total. The predicted molar refractivity (Wildman–Crippen MR) is 103 cm³/mol. The lowest BCUT2D eigenvalue weighted by Crippen LogP contribution is -2.13. The molecule has 5 heteroatoms. The van der Waals surface area contributed by atoms with E-state index in [9.17, 15) is 0 Å². The Bertz CT molecular complexity index is 834. The molecule has 0 spiro atoms. The smallest absolute Gasteiger partial charge is 0.225 e. The van der Waals surface area contributed by atoms with Crippen molar-refractivity contribution in [2.24, 2.45) is 0 Å². The van der Waals surface area contributed by atoms with Crippen LogP contribution in [0.3, 0.4) is 0 Å². The Balaban J connectivity index is 1.96. The minimum Gasteiger partial charge on any atom is -0.497 e. The zero-order valence-corrected chi connectivity index (χ0v) is 14.7. The van der Waals surface area contributed by atoms with E-state index < -0.39 is 0 Å². The van der Waals surface area contributed by atoms with Crippen molar-refractivity contribution in [2.75, 3.05) is 17.7 Å². The van der Waals surface area contributed by atoms with Crippen molar-refractivity contribution in [3.05, 3.63) is 60.7 Å². The number of aromatic nitrogens is 2. The Morgan fingerprint density at radius 2 is 1.72 bits per heavy atom. The highest BCUT2D eigenvalue weighted by Crippen LogP contribution is 2.25. The molecule has 3 aromatic rings. The van der Waals surface area contributed by atoms with Gasteiger partial charge in [-0.3, -0.25) is 0 Å². The normalized spacial score (nSPS) is 10.6. The van der Waals surface area contributed by atoms with E-state index in [0.717, 1.165) is 28.5 Å². The second-order valence-electron chi connectivity index (χ2n) is 5.98. The van der Waals surface area contributed by atoms with Crippen LogP contribution in [0.5, 0.6) is 5.75 Å². The Labute approximate surface area is 148 Å². The number of nitrogens with zero attached hydrogens (tertiary/aromatic N) is 2. The number of nitrogens with one attached hydrogen (secondary N) is 2. The molecule has 0 amide bonds. The minimum atomic E-state index is 0.246. The Hall–Kier alpha value is -3.08. The lowest BCUT2D eigenvalue weighted by atomic mass is 10.1. The van der Waals surface area contributed by atoms with Crippen LogP contribution in [0.1, 0.15) is 13.8 Å². The van der Waals surface area contributed by atoms with Gasteiger partial charge in [-0.2, -0.15) is 4.98 Å². The molecule has 0 atom stereocenters. The molecule has 2 aromatic carbocycles. The SMILES string of the molecule is COc1cccc(Nc2cc(-c3ccccc3)nc(NC(C)C)n2)c1. The maximum Gasteiger partial charge on any atom is 0.225 e. The highest BCUT2D eigenvalue weighted by atomic mass is 16.5. The van der Waals surface area contributed by atoms with Gasteiger partial charge in [-0.25, -0.2) is 4.98 Å². The molecule has 0 aliphatic heterocycles. The molecule has 1 aromatic heterocycles. The molecule has 2 N–H and O–H groups in total. The van der Waals surface area contributed by atoms with Crippen LogP contribution < -0.4 is 15.4 Å². The summed E-state index contributed by atoms with van der Waals surface area (Å²) in [6, 6.07) is 20.0. The maximum absolute atomic E-state index is 5.28. The summed E-state index contributed by atoms with van der Waals surface area (Å²) in [6.45, 7) is 4.13. The van der Waals surface area contributed by atoms with Crippen molar-refractivity contribution >= 4 is 17.5 Å². The van der Waals surface area contributed by atoms with E-state index >= 15 is 0 Å². The van der Waals surface area contributed by atoms with Gasteiger partial charge in [0.25, 0.3) is 0 Å². The molecule has 3 rings (SSSR count). The average Bonchev–Trinajstić information content (AvgIpc) is 2.62. The van der Waals surface area contributed by atoms with Crippen LogP contribution in [-0.4, -0.2) is 23.1 Å². The summed E-state index contributed by atoms with van der Waals surface area (Å²) in [4.78, 5) is 9.21. The number of methoxy groups -OCH3 is 1. The van der Waals surface area contributed by atoms with Crippen molar-refractivity contribution in [1.82, 2.24) is 9.97 Å². The minimum absolute atomic E-state index is 0.246. The number of hydrogen-bond acceptors (Lipinski definition) is 5. The van der Waals surface area contributed by atoms with Gasteiger partial charge in [0.1, 0.15) is 11.6 Å². The summed E-state index contributed by atoms with van der Waals surface area (Å²) in [7, 11) is 1.65. The van der Waals surface area contributed by atoms with E-state index in [2.05, 4.69) is 34.4 Å². The van der Waals surface area contributed by atoms with Gasteiger partial charge < -0.3 is 15.4 Å². The molecular formula is C20H22N4O. The van der Waals surface area contributed by atoms with Crippen molar-refractivity contribution in [3.63, 3.8) is 0 Å². The van der Waals surface area contributed by atoms with Crippen molar-refractivity contribution in [2.45, 2.75) is 19.9 Å². The van der Waals surface area contributed by atoms with E-state index in [1.54, 1.807) is 7.11 Å². The lowest BCUT2D eigenvalue weighted by Gasteiger charge is -2.13. The molecule has 0 aliphatic rings. The Morgan fingerprint density at radius 1 is 0.920 bits per heavy atom. The summed E-state index contributed by atoms with van der Waals surface area (Å²) < 4.78 is 5.28.